The van der Waals surface area contributed by atoms with Gasteiger partial charge in [0.15, 0.2) is 10.8 Å². The van der Waals surface area contributed by atoms with Crippen molar-refractivity contribution in [3.05, 3.63) is 59.1 Å². The van der Waals surface area contributed by atoms with E-state index in [0.717, 1.165) is 11.3 Å². The molecule has 2 aliphatic heterocycles. The van der Waals surface area contributed by atoms with Crippen molar-refractivity contribution >= 4 is 40.5 Å². The first-order valence-corrected chi connectivity index (χ1v) is 10.1. The zero-order valence-corrected chi connectivity index (χ0v) is 17.7. The fourth-order valence-electron chi connectivity index (χ4n) is 4.06. The summed E-state index contributed by atoms with van der Waals surface area (Å²) in [6.45, 7) is 2.86. The van der Waals surface area contributed by atoms with E-state index in [1.807, 2.05) is 36.1 Å². The largest absolute Gasteiger partial charge is 0.467 e. The number of hydrogen-bond acceptors (Lipinski definition) is 4. The summed E-state index contributed by atoms with van der Waals surface area (Å²) >= 11 is 11.6. The highest BCUT2D eigenvalue weighted by Gasteiger charge is 2.58. The van der Waals surface area contributed by atoms with Gasteiger partial charge < -0.3 is 25.0 Å². The molecule has 2 bridgehead atoms. The van der Waals surface area contributed by atoms with Crippen LogP contribution in [0.1, 0.15) is 18.5 Å². The smallest absolute Gasteiger partial charge is 0.236 e. The average Bonchev–Trinajstić information content (AvgIpc) is 2.69. The zero-order valence-electron chi connectivity index (χ0n) is 16.1. The first kappa shape index (κ1) is 19.9. The Hall–Kier alpha value is -2.35. The highest BCUT2D eigenvalue weighted by atomic mass is 35.5. The van der Waals surface area contributed by atoms with Crippen LogP contribution in [0.5, 0.6) is 5.75 Å². The van der Waals surface area contributed by atoms with Gasteiger partial charge in [-0.15, -0.1) is 0 Å². The lowest BCUT2D eigenvalue weighted by molar-refractivity contribution is -0.150. The summed E-state index contributed by atoms with van der Waals surface area (Å²) in [5, 5.41) is 7.50. The minimum atomic E-state index is -0.962. The highest BCUT2D eigenvalue weighted by Crippen LogP contribution is 2.48. The van der Waals surface area contributed by atoms with Crippen molar-refractivity contribution in [1.29, 1.82) is 0 Å². The number of thiocarbonyl (C=S) groups is 1. The number of carbonyl (C=O) groups is 1. The first-order valence-electron chi connectivity index (χ1n) is 9.35. The molecule has 2 N–H and O–H groups in total. The van der Waals surface area contributed by atoms with E-state index < -0.39 is 11.6 Å². The lowest BCUT2D eigenvalue weighted by Gasteiger charge is -2.56. The van der Waals surface area contributed by atoms with Crippen molar-refractivity contribution in [1.82, 2.24) is 10.2 Å². The fourth-order valence-corrected chi connectivity index (χ4v) is 4.58. The summed E-state index contributed by atoms with van der Waals surface area (Å²) in [5.41, 5.74) is 0.622. The van der Waals surface area contributed by atoms with Crippen LogP contribution in [0, 0.1) is 5.92 Å². The summed E-state index contributed by atoms with van der Waals surface area (Å²) in [5.74, 6) is 0.0383. The molecule has 2 heterocycles. The molecule has 29 heavy (non-hydrogen) atoms. The molecule has 3 unspecified atom stereocenters. The van der Waals surface area contributed by atoms with Crippen LogP contribution in [0.2, 0.25) is 5.02 Å². The summed E-state index contributed by atoms with van der Waals surface area (Å²) in [6.07, 6.45) is 0. The number of rotatable bonds is 5. The molecule has 2 aromatic rings. The Labute approximate surface area is 180 Å². The maximum Gasteiger partial charge on any atom is 0.236 e. The molecule has 6 nitrogen and oxygen atoms in total. The van der Waals surface area contributed by atoms with Crippen molar-refractivity contribution in [3.63, 3.8) is 0 Å². The van der Waals surface area contributed by atoms with Crippen molar-refractivity contribution in [2.75, 3.05) is 25.6 Å². The summed E-state index contributed by atoms with van der Waals surface area (Å²) < 4.78 is 11.7. The van der Waals surface area contributed by atoms with Crippen LogP contribution in [0.15, 0.2) is 48.5 Å². The molecule has 0 radical (unpaired) electrons. The lowest BCUT2D eigenvalue weighted by atomic mass is 9.79. The Bertz CT molecular complexity index is 939. The Balaban J connectivity index is 1.73. The van der Waals surface area contributed by atoms with E-state index in [9.17, 15) is 4.79 Å². The number of fused-ring (bicyclic) bond motifs is 4. The van der Waals surface area contributed by atoms with E-state index in [4.69, 9.17) is 33.3 Å². The van der Waals surface area contributed by atoms with Gasteiger partial charge in [-0.2, -0.15) is 0 Å². The number of hydrogen-bond donors (Lipinski definition) is 2. The number of halogens is 1. The van der Waals surface area contributed by atoms with Gasteiger partial charge in [0, 0.05) is 29.9 Å². The third-order valence-corrected chi connectivity index (χ3v) is 6.04. The predicted octanol–water partition coefficient (Wildman–Crippen LogP) is 3.58. The van der Waals surface area contributed by atoms with Gasteiger partial charge in [0.1, 0.15) is 11.7 Å². The van der Waals surface area contributed by atoms with Crippen molar-refractivity contribution in [2.45, 2.75) is 18.7 Å². The SMILES string of the molecule is COCCN1C(=S)NC2c3ccccc3OC1(C)C2C(=O)Nc1ccc(Cl)cc1. The van der Waals surface area contributed by atoms with Crippen LogP contribution in [0.25, 0.3) is 0 Å². The number of carbonyl (C=O) groups excluding carboxylic acids is 1. The van der Waals surface area contributed by atoms with Gasteiger partial charge in [-0.25, -0.2) is 0 Å². The van der Waals surface area contributed by atoms with Crippen LogP contribution in [0.3, 0.4) is 0 Å². The Kier molecular flexibility index (Phi) is 5.38. The van der Waals surface area contributed by atoms with E-state index in [0.29, 0.717) is 29.0 Å². The molecule has 0 aromatic heterocycles. The van der Waals surface area contributed by atoms with Gasteiger partial charge in [-0.05, 0) is 49.5 Å². The Morgan fingerprint density at radius 1 is 1.31 bits per heavy atom. The quantitative estimate of drug-likeness (QED) is 0.705. The molecule has 1 saturated heterocycles. The molecule has 4 rings (SSSR count). The topological polar surface area (TPSA) is 62.8 Å². The second-order valence-electron chi connectivity index (χ2n) is 7.24. The molecule has 2 aliphatic rings. The molecule has 0 saturated carbocycles. The molecule has 2 aromatic carbocycles. The van der Waals surface area contributed by atoms with E-state index in [1.165, 1.54) is 0 Å². The standard InChI is InChI=1S/C21H22ClN3O3S/c1-21-17(19(26)23-14-9-7-13(22)8-10-14)18(15-5-3-4-6-16(15)28-21)24-20(29)25(21)11-12-27-2/h3-10,17-18H,11-12H2,1-2H3,(H,23,26)(H,24,29). The van der Waals surface area contributed by atoms with Gasteiger partial charge in [0.25, 0.3) is 0 Å². The highest BCUT2D eigenvalue weighted by molar-refractivity contribution is 7.80. The Morgan fingerprint density at radius 3 is 2.76 bits per heavy atom. The number of para-hydroxylation sites is 1. The third kappa shape index (κ3) is 3.54. The van der Waals surface area contributed by atoms with Crippen molar-refractivity contribution < 1.29 is 14.3 Å². The molecule has 0 aliphatic carbocycles. The fraction of sp³-hybridized carbons (Fsp3) is 0.333. The predicted molar refractivity (Wildman–Crippen MR) is 116 cm³/mol. The zero-order chi connectivity index (χ0) is 20.6. The molecule has 1 amide bonds. The number of nitrogens with one attached hydrogen (secondary N) is 2. The summed E-state index contributed by atoms with van der Waals surface area (Å²) in [7, 11) is 1.63. The lowest BCUT2D eigenvalue weighted by Crippen LogP contribution is -2.72. The van der Waals surface area contributed by atoms with Crippen molar-refractivity contribution in [3.8, 4) is 5.75 Å². The average molecular weight is 432 g/mol. The minimum absolute atomic E-state index is 0.160. The maximum absolute atomic E-state index is 13.4. The van der Waals surface area contributed by atoms with E-state index in [2.05, 4.69) is 10.6 Å². The molecule has 8 heteroatoms. The van der Waals surface area contributed by atoms with Gasteiger partial charge in [0.2, 0.25) is 5.91 Å². The van der Waals surface area contributed by atoms with E-state index in [1.54, 1.807) is 31.4 Å². The first-order chi connectivity index (χ1) is 13.9. The van der Waals surface area contributed by atoms with Gasteiger partial charge in [0.05, 0.1) is 12.6 Å². The maximum atomic E-state index is 13.4. The van der Waals surface area contributed by atoms with E-state index >= 15 is 0 Å². The molecule has 1 fully saturated rings. The van der Waals surface area contributed by atoms with Crippen LogP contribution in [-0.4, -0.2) is 41.9 Å². The second-order valence-corrected chi connectivity index (χ2v) is 8.06. The van der Waals surface area contributed by atoms with Crippen LogP contribution >= 0.6 is 23.8 Å². The number of anilines is 1. The normalized spacial score (nSPS) is 24.9. The number of ether oxygens (including phenoxy) is 2. The van der Waals surface area contributed by atoms with Gasteiger partial charge in [-0.3, -0.25) is 4.79 Å². The molecule has 152 valence electrons. The third-order valence-electron chi connectivity index (χ3n) is 5.45. The number of methoxy groups -OCH3 is 1. The number of amides is 1. The number of nitrogens with zero attached hydrogens (tertiary/aromatic N) is 1. The van der Waals surface area contributed by atoms with Gasteiger partial charge >= 0.3 is 0 Å². The second kappa shape index (κ2) is 7.82. The Morgan fingerprint density at radius 2 is 2.03 bits per heavy atom. The number of benzene rings is 2. The minimum Gasteiger partial charge on any atom is -0.467 e. The van der Waals surface area contributed by atoms with Gasteiger partial charge in [-0.1, -0.05) is 29.8 Å². The molecule has 0 spiro atoms. The van der Waals surface area contributed by atoms with Crippen LogP contribution in [-0.2, 0) is 9.53 Å². The van der Waals surface area contributed by atoms with E-state index in [-0.39, 0.29) is 11.9 Å². The monoisotopic (exact) mass is 431 g/mol. The molecule has 3 atom stereocenters. The van der Waals surface area contributed by atoms with Crippen LogP contribution < -0.4 is 15.4 Å². The van der Waals surface area contributed by atoms with Crippen LogP contribution in [0.4, 0.5) is 5.69 Å². The molecular formula is C21H22ClN3O3S. The molecular weight excluding hydrogens is 410 g/mol. The summed E-state index contributed by atoms with van der Waals surface area (Å²) in [4.78, 5) is 15.3. The summed E-state index contributed by atoms with van der Waals surface area (Å²) in [6, 6.07) is 14.5. The van der Waals surface area contributed by atoms with Crippen molar-refractivity contribution in [2.24, 2.45) is 5.92 Å².